The lowest BCUT2D eigenvalue weighted by Gasteiger charge is -2.25. The second-order valence-electron chi connectivity index (χ2n) is 6.85. The minimum absolute atomic E-state index is 0.275. The highest BCUT2D eigenvalue weighted by Crippen LogP contribution is 2.41. The van der Waals surface area contributed by atoms with Crippen LogP contribution in [0.2, 0.25) is 0 Å². The van der Waals surface area contributed by atoms with Crippen LogP contribution in [0.5, 0.6) is 23.0 Å². The number of ether oxygens (including phenoxy) is 4. The van der Waals surface area contributed by atoms with Gasteiger partial charge in [0, 0.05) is 30.7 Å². The van der Waals surface area contributed by atoms with Crippen molar-refractivity contribution in [2.24, 2.45) is 0 Å². The lowest BCUT2D eigenvalue weighted by molar-refractivity contribution is 0.173. The SMILES string of the molecule is c1cn2c(n1)CN(Cc1ccc3c(c1)OCO3)c1cc3c(cc1C2)OCO3. The molecule has 0 spiro atoms. The van der Waals surface area contributed by atoms with Crippen LogP contribution >= 0.6 is 0 Å². The van der Waals surface area contributed by atoms with E-state index in [-0.39, 0.29) is 13.6 Å². The van der Waals surface area contributed by atoms with E-state index in [2.05, 4.69) is 32.7 Å². The molecule has 0 radical (unpaired) electrons. The summed E-state index contributed by atoms with van der Waals surface area (Å²) in [6.07, 6.45) is 3.87. The summed E-state index contributed by atoms with van der Waals surface area (Å²) < 4.78 is 24.3. The summed E-state index contributed by atoms with van der Waals surface area (Å²) in [5, 5.41) is 0. The average molecular weight is 363 g/mol. The van der Waals surface area contributed by atoms with Gasteiger partial charge in [0.15, 0.2) is 23.0 Å². The zero-order chi connectivity index (χ0) is 17.8. The number of hydrogen-bond donors (Lipinski definition) is 0. The zero-order valence-corrected chi connectivity index (χ0v) is 14.6. The fraction of sp³-hybridized carbons (Fsp3) is 0.250. The van der Waals surface area contributed by atoms with Crippen molar-refractivity contribution in [2.75, 3.05) is 18.5 Å². The quantitative estimate of drug-likeness (QED) is 0.698. The first-order chi connectivity index (χ1) is 13.3. The molecule has 0 saturated carbocycles. The number of nitrogens with zero attached hydrogens (tertiary/aromatic N) is 3. The van der Waals surface area contributed by atoms with Crippen molar-refractivity contribution in [1.29, 1.82) is 0 Å². The van der Waals surface area contributed by atoms with E-state index in [1.165, 1.54) is 5.56 Å². The molecule has 7 heteroatoms. The summed E-state index contributed by atoms with van der Waals surface area (Å²) >= 11 is 0. The monoisotopic (exact) mass is 363 g/mol. The maximum Gasteiger partial charge on any atom is 0.231 e. The van der Waals surface area contributed by atoms with Gasteiger partial charge < -0.3 is 28.4 Å². The maximum absolute atomic E-state index is 5.62. The molecule has 0 bridgehead atoms. The van der Waals surface area contributed by atoms with Gasteiger partial charge in [0.05, 0.1) is 13.1 Å². The van der Waals surface area contributed by atoms with Gasteiger partial charge >= 0.3 is 0 Å². The lowest BCUT2D eigenvalue weighted by atomic mass is 10.1. The van der Waals surface area contributed by atoms with Crippen LogP contribution in [-0.2, 0) is 19.6 Å². The van der Waals surface area contributed by atoms with Gasteiger partial charge in [-0.05, 0) is 29.3 Å². The van der Waals surface area contributed by atoms with E-state index in [9.17, 15) is 0 Å². The number of rotatable bonds is 2. The van der Waals surface area contributed by atoms with Crippen molar-refractivity contribution in [3.63, 3.8) is 0 Å². The Morgan fingerprint density at radius 3 is 2.52 bits per heavy atom. The molecule has 1 aromatic heterocycles. The molecule has 7 nitrogen and oxygen atoms in total. The van der Waals surface area contributed by atoms with E-state index in [1.54, 1.807) is 0 Å². The van der Waals surface area contributed by atoms with E-state index in [0.717, 1.165) is 53.2 Å². The highest BCUT2D eigenvalue weighted by molar-refractivity contribution is 5.64. The van der Waals surface area contributed by atoms with Crippen LogP contribution in [0, 0.1) is 0 Å². The summed E-state index contributed by atoms with van der Waals surface area (Å²) in [6, 6.07) is 10.3. The average Bonchev–Trinajstić information content (AvgIpc) is 3.40. The molecular weight excluding hydrogens is 346 g/mol. The van der Waals surface area contributed by atoms with Crippen molar-refractivity contribution in [3.8, 4) is 23.0 Å². The third-order valence-electron chi connectivity index (χ3n) is 5.20. The Labute approximate surface area is 155 Å². The number of imidazole rings is 1. The fourth-order valence-electron chi connectivity index (χ4n) is 3.87. The topological polar surface area (TPSA) is 58.0 Å². The molecule has 0 fully saturated rings. The summed E-state index contributed by atoms with van der Waals surface area (Å²) in [4.78, 5) is 6.86. The normalized spacial score (nSPS) is 16.1. The molecule has 0 saturated heterocycles. The van der Waals surface area contributed by atoms with Gasteiger partial charge in [0.2, 0.25) is 13.6 Å². The first-order valence-corrected chi connectivity index (χ1v) is 8.89. The van der Waals surface area contributed by atoms with Gasteiger partial charge in [-0.2, -0.15) is 0 Å². The van der Waals surface area contributed by atoms with Crippen molar-refractivity contribution in [2.45, 2.75) is 19.6 Å². The van der Waals surface area contributed by atoms with Crippen LogP contribution in [0.25, 0.3) is 0 Å². The third kappa shape index (κ3) is 2.38. The van der Waals surface area contributed by atoms with Crippen molar-refractivity contribution >= 4 is 5.69 Å². The predicted octanol–water partition coefficient (Wildman–Crippen LogP) is 2.91. The third-order valence-corrected chi connectivity index (χ3v) is 5.20. The molecule has 4 heterocycles. The van der Waals surface area contributed by atoms with E-state index >= 15 is 0 Å². The minimum Gasteiger partial charge on any atom is -0.454 e. The van der Waals surface area contributed by atoms with Gasteiger partial charge in [-0.15, -0.1) is 0 Å². The second-order valence-corrected chi connectivity index (χ2v) is 6.85. The largest absolute Gasteiger partial charge is 0.454 e. The molecule has 0 N–H and O–H groups in total. The molecule has 3 aromatic rings. The summed E-state index contributed by atoms with van der Waals surface area (Å²) in [6.45, 7) is 2.77. The summed E-state index contributed by atoms with van der Waals surface area (Å²) in [5.74, 6) is 4.24. The van der Waals surface area contributed by atoms with Crippen LogP contribution in [-0.4, -0.2) is 23.1 Å². The summed E-state index contributed by atoms with van der Waals surface area (Å²) in [7, 11) is 0. The number of benzene rings is 2. The molecule has 3 aliphatic rings. The molecular formula is C20H17N3O4. The van der Waals surface area contributed by atoms with Crippen LogP contribution < -0.4 is 23.8 Å². The van der Waals surface area contributed by atoms with Crippen LogP contribution in [0.3, 0.4) is 0 Å². The van der Waals surface area contributed by atoms with Crippen LogP contribution in [0.4, 0.5) is 5.69 Å². The van der Waals surface area contributed by atoms with Crippen molar-refractivity contribution in [3.05, 3.63) is 59.7 Å². The number of anilines is 1. The molecule has 0 unspecified atom stereocenters. The Morgan fingerprint density at radius 1 is 0.852 bits per heavy atom. The van der Waals surface area contributed by atoms with Crippen molar-refractivity contribution < 1.29 is 18.9 Å². The standard InChI is InChI=1S/C20H17N3O4/c1-2-16-17(25-11-24-16)5-13(1)8-23-10-20-21-3-4-22(20)9-14-6-18-19(7-15(14)23)27-12-26-18/h1-7H,8-12H2. The molecule has 6 rings (SSSR count). The fourth-order valence-corrected chi connectivity index (χ4v) is 3.87. The summed E-state index contributed by atoms with van der Waals surface area (Å²) in [5.41, 5.74) is 3.49. The molecule has 0 atom stereocenters. The van der Waals surface area contributed by atoms with E-state index in [1.807, 2.05) is 24.5 Å². The molecule has 136 valence electrons. The van der Waals surface area contributed by atoms with Gasteiger partial charge in [-0.1, -0.05) is 6.07 Å². The molecule has 0 amide bonds. The molecule has 3 aliphatic heterocycles. The zero-order valence-electron chi connectivity index (χ0n) is 14.6. The first kappa shape index (κ1) is 14.8. The predicted molar refractivity (Wildman–Crippen MR) is 96.3 cm³/mol. The van der Waals surface area contributed by atoms with E-state index < -0.39 is 0 Å². The van der Waals surface area contributed by atoms with Crippen molar-refractivity contribution in [1.82, 2.24) is 9.55 Å². The smallest absolute Gasteiger partial charge is 0.231 e. The maximum atomic E-state index is 5.62. The first-order valence-electron chi connectivity index (χ1n) is 8.89. The lowest BCUT2D eigenvalue weighted by Crippen LogP contribution is -2.22. The van der Waals surface area contributed by atoms with Crippen LogP contribution in [0.1, 0.15) is 17.0 Å². The number of aromatic nitrogens is 2. The van der Waals surface area contributed by atoms with Crippen LogP contribution in [0.15, 0.2) is 42.7 Å². The highest BCUT2D eigenvalue weighted by Gasteiger charge is 2.25. The Bertz CT molecular complexity index is 1050. The minimum atomic E-state index is 0.275. The molecule has 27 heavy (non-hydrogen) atoms. The Hall–Kier alpha value is -3.35. The van der Waals surface area contributed by atoms with Gasteiger partial charge in [0.25, 0.3) is 0 Å². The second kappa shape index (κ2) is 5.57. The van der Waals surface area contributed by atoms with Gasteiger partial charge in [-0.25, -0.2) is 4.98 Å². The van der Waals surface area contributed by atoms with Gasteiger partial charge in [-0.3, -0.25) is 0 Å². The Morgan fingerprint density at radius 2 is 1.63 bits per heavy atom. The van der Waals surface area contributed by atoms with E-state index in [4.69, 9.17) is 18.9 Å². The highest BCUT2D eigenvalue weighted by atomic mass is 16.7. The Kier molecular flexibility index (Phi) is 3.05. The Balaban J connectivity index is 1.42. The molecule has 2 aromatic carbocycles. The molecule has 0 aliphatic carbocycles. The number of hydrogen-bond acceptors (Lipinski definition) is 6. The number of fused-ring (bicyclic) bond motifs is 4. The van der Waals surface area contributed by atoms with E-state index in [0.29, 0.717) is 6.54 Å². The van der Waals surface area contributed by atoms with Gasteiger partial charge in [0.1, 0.15) is 5.82 Å².